The summed E-state index contributed by atoms with van der Waals surface area (Å²) in [6, 6.07) is 6.55. The Morgan fingerprint density at radius 2 is 2.35 bits per heavy atom. The molecule has 1 atom stereocenters. The number of hydrogen-bond donors (Lipinski definition) is 1. The monoisotopic (exact) mass is 264 g/mol. The zero-order valence-corrected chi connectivity index (χ0v) is 11.6. The summed E-state index contributed by atoms with van der Waals surface area (Å²) < 4.78 is 1.28. The number of nitrogens with zero attached hydrogens (tertiary/aromatic N) is 1. The summed E-state index contributed by atoms with van der Waals surface area (Å²) in [7, 11) is 0. The molecule has 0 radical (unpaired) electrons. The summed E-state index contributed by atoms with van der Waals surface area (Å²) in [6.45, 7) is 4.12. The first kappa shape index (κ1) is 12.6. The first-order chi connectivity index (χ1) is 8.15. The van der Waals surface area contributed by atoms with Crippen LogP contribution < -0.4 is 5.73 Å². The van der Waals surface area contributed by atoms with Gasteiger partial charge in [0.05, 0.1) is 4.21 Å². The van der Waals surface area contributed by atoms with Crippen LogP contribution in [0.15, 0.2) is 39.0 Å². The zero-order chi connectivity index (χ0) is 12.3. The summed E-state index contributed by atoms with van der Waals surface area (Å²) >= 11 is 3.47. The highest BCUT2D eigenvalue weighted by molar-refractivity contribution is 8.01. The SMILES string of the molecule is Cc1cc(CC(C)N)cnc1Sc1cccs1. The molecule has 0 fully saturated rings. The van der Waals surface area contributed by atoms with Gasteiger partial charge in [0.2, 0.25) is 0 Å². The van der Waals surface area contributed by atoms with Crippen LogP contribution in [0.5, 0.6) is 0 Å². The number of pyridine rings is 1. The molecular formula is C13H16N2S2. The predicted octanol–water partition coefficient (Wildman–Crippen LogP) is 3.49. The van der Waals surface area contributed by atoms with Crippen molar-refractivity contribution < 1.29 is 0 Å². The quantitative estimate of drug-likeness (QED) is 0.918. The average molecular weight is 264 g/mol. The number of aryl methyl sites for hydroxylation is 1. The van der Waals surface area contributed by atoms with Gasteiger partial charge in [-0.15, -0.1) is 11.3 Å². The summed E-state index contributed by atoms with van der Waals surface area (Å²) in [6.07, 6.45) is 2.82. The van der Waals surface area contributed by atoms with Crippen LogP contribution in [-0.4, -0.2) is 11.0 Å². The molecule has 2 heterocycles. The minimum Gasteiger partial charge on any atom is -0.328 e. The topological polar surface area (TPSA) is 38.9 Å². The van der Waals surface area contributed by atoms with Gasteiger partial charge in [0.25, 0.3) is 0 Å². The second-order valence-electron chi connectivity index (χ2n) is 4.18. The van der Waals surface area contributed by atoms with Gasteiger partial charge in [0.15, 0.2) is 0 Å². The fourth-order valence-electron chi connectivity index (χ4n) is 1.63. The normalized spacial score (nSPS) is 12.6. The second kappa shape index (κ2) is 5.67. The molecule has 0 spiro atoms. The first-order valence-corrected chi connectivity index (χ1v) is 7.27. The molecule has 0 amide bonds. The molecule has 0 bridgehead atoms. The van der Waals surface area contributed by atoms with Crippen molar-refractivity contribution in [1.82, 2.24) is 4.98 Å². The van der Waals surface area contributed by atoms with Crippen LogP contribution in [0, 0.1) is 6.92 Å². The van der Waals surface area contributed by atoms with Crippen molar-refractivity contribution in [2.75, 3.05) is 0 Å². The fourth-order valence-corrected chi connectivity index (χ4v) is 3.33. The fraction of sp³-hybridized carbons (Fsp3) is 0.308. The Balaban J connectivity index is 2.14. The molecule has 2 N–H and O–H groups in total. The summed E-state index contributed by atoms with van der Waals surface area (Å²) in [5.74, 6) is 0. The van der Waals surface area contributed by atoms with Crippen LogP contribution in [0.1, 0.15) is 18.1 Å². The molecule has 1 unspecified atom stereocenters. The Bertz CT molecular complexity index is 478. The Labute approximate surface area is 110 Å². The average Bonchev–Trinajstić information content (AvgIpc) is 2.74. The largest absolute Gasteiger partial charge is 0.328 e. The van der Waals surface area contributed by atoms with Crippen LogP contribution >= 0.6 is 23.1 Å². The molecule has 2 aromatic rings. The highest BCUT2D eigenvalue weighted by atomic mass is 32.2. The molecule has 0 aliphatic heterocycles. The minimum atomic E-state index is 0.187. The van der Waals surface area contributed by atoms with E-state index in [1.54, 1.807) is 23.1 Å². The number of rotatable bonds is 4. The van der Waals surface area contributed by atoms with Gasteiger partial charge in [0.1, 0.15) is 5.03 Å². The molecule has 0 saturated carbocycles. The smallest absolute Gasteiger partial charge is 0.104 e. The van der Waals surface area contributed by atoms with Crippen molar-refractivity contribution in [1.29, 1.82) is 0 Å². The van der Waals surface area contributed by atoms with Crippen molar-refractivity contribution in [2.45, 2.75) is 35.5 Å². The van der Waals surface area contributed by atoms with Crippen LogP contribution in [0.3, 0.4) is 0 Å². The first-order valence-electron chi connectivity index (χ1n) is 5.57. The van der Waals surface area contributed by atoms with Gasteiger partial charge in [-0.3, -0.25) is 0 Å². The Kier molecular flexibility index (Phi) is 4.20. The van der Waals surface area contributed by atoms with Crippen LogP contribution in [0.25, 0.3) is 0 Å². The van der Waals surface area contributed by atoms with Crippen LogP contribution in [0.4, 0.5) is 0 Å². The highest BCUT2D eigenvalue weighted by Crippen LogP contribution is 2.31. The van der Waals surface area contributed by atoms with Crippen molar-refractivity contribution in [3.05, 3.63) is 40.9 Å². The highest BCUT2D eigenvalue weighted by Gasteiger charge is 2.06. The van der Waals surface area contributed by atoms with E-state index in [4.69, 9.17) is 5.73 Å². The van der Waals surface area contributed by atoms with Gasteiger partial charge in [-0.05, 0) is 42.8 Å². The van der Waals surface area contributed by atoms with Gasteiger partial charge in [-0.1, -0.05) is 23.9 Å². The Morgan fingerprint density at radius 3 is 2.94 bits per heavy atom. The lowest BCUT2D eigenvalue weighted by atomic mass is 10.1. The predicted molar refractivity (Wildman–Crippen MR) is 74.8 cm³/mol. The summed E-state index contributed by atoms with van der Waals surface area (Å²) in [5.41, 5.74) is 8.23. The minimum absolute atomic E-state index is 0.187. The molecule has 90 valence electrons. The molecular weight excluding hydrogens is 248 g/mol. The number of nitrogens with two attached hydrogens (primary N) is 1. The Morgan fingerprint density at radius 1 is 1.53 bits per heavy atom. The second-order valence-corrected chi connectivity index (χ2v) is 6.42. The van der Waals surface area contributed by atoms with Crippen molar-refractivity contribution in [3.8, 4) is 0 Å². The maximum absolute atomic E-state index is 5.79. The van der Waals surface area contributed by atoms with E-state index in [0.717, 1.165) is 11.4 Å². The summed E-state index contributed by atoms with van der Waals surface area (Å²) in [5, 5.41) is 3.17. The van der Waals surface area contributed by atoms with E-state index in [1.165, 1.54) is 15.3 Å². The maximum Gasteiger partial charge on any atom is 0.104 e. The molecule has 2 nitrogen and oxygen atoms in total. The number of hydrogen-bond acceptors (Lipinski definition) is 4. The van der Waals surface area contributed by atoms with Crippen molar-refractivity contribution in [2.24, 2.45) is 5.73 Å². The van der Waals surface area contributed by atoms with E-state index in [9.17, 15) is 0 Å². The molecule has 0 aliphatic carbocycles. The molecule has 0 saturated heterocycles. The third kappa shape index (κ3) is 3.56. The van der Waals surface area contributed by atoms with Crippen LogP contribution in [-0.2, 0) is 6.42 Å². The van der Waals surface area contributed by atoms with E-state index in [2.05, 4.69) is 35.5 Å². The third-order valence-corrected chi connectivity index (χ3v) is 4.50. The van der Waals surface area contributed by atoms with Gasteiger partial charge >= 0.3 is 0 Å². The summed E-state index contributed by atoms with van der Waals surface area (Å²) in [4.78, 5) is 4.52. The molecule has 2 rings (SSSR count). The maximum atomic E-state index is 5.79. The molecule has 0 aromatic carbocycles. The standard InChI is InChI=1S/C13H16N2S2/c1-9-6-11(7-10(2)14)8-15-13(9)17-12-4-3-5-16-12/h3-6,8,10H,7,14H2,1-2H3. The molecule has 0 aliphatic rings. The lowest BCUT2D eigenvalue weighted by Gasteiger charge is -2.08. The number of thiophene rings is 1. The van der Waals surface area contributed by atoms with Crippen molar-refractivity contribution >= 4 is 23.1 Å². The van der Waals surface area contributed by atoms with E-state index >= 15 is 0 Å². The molecule has 2 aromatic heterocycles. The third-order valence-electron chi connectivity index (χ3n) is 2.34. The van der Waals surface area contributed by atoms with Gasteiger partial charge in [-0.2, -0.15) is 0 Å². The van der Waals surface area contributed by atoms with Gasteiger partial charge in [0, 0.05) is 12.2 Å². The van der Waals surface area contributed by atoms with Gasteiger partial charge in [-0.25, -0.2) is 4.98 Å². The van der Waals surface area contributed by atoms with E-state index < -0.39 is 0 Å². The van der Waals surface area contributed by atoms with E-state index in [1.807, 2.05) is 13.1 Å². The Hall–Kier alpha value is -0.840. The molecule has 17 heavy (non-hydrogen) atoms. The van der Waals surface area contributed by atoms with Gasteiger partial charge < -0.3 is 5.73 Å². The van der Waals surface area contributed by atoms with Crippen LogP contribution in [0.2, 0.25) is 0 Å². The number of aromatic nitrogens is 1. The van der Waals surface area contributed by atoms with Crippen molar-refractivity contribution in [3.63, 3.8) is 0 Å². The van der Waals surface area contributed by atoms with E-state index in [0.29, 0.717) is 0 Å². The van der Waals surface area contributed by atoms with E-state index in [-0.39, 0.29) is 6.04 Å². The lowest BCUT2D eigenvalue weighted by Crippen LogP contribution is -2.17. The molecule has 4 heteroatoms. The zero-order valence-electron chi connectivity index (χ0n) is 10.0. The lowest BCUT2D eigenvalue weighted by molar-refractivity contribution is 0.733.